The van der Waals surface area contributed by atoms with Crippen molar-refractivity contribution in [2.75, 3.05) is 5.73 Å². The Labute approximate surface area is 89.1 Å². The van der Waals surface area contributed by atoms with E-state index in [0.717, 1.165) is 0 Å². The van der Waals surface area contributed by atoms with Crippen molar-refractivity contribution < 1.29 is 19.5 Å². The van der Waals surface area contributed by atoms with Crippen LogP contribution in [0.2, 0.25) is 0 Å². The fourth-order valence-electron chi connectivity index (χ4n) is 1.10. The van der Waals surface area contributed by atoms with Gasteiger partial charge in [-0.1, -0.05) is 0 Å². The molecule has 0 unspecified atom stereocenters. The van der Waals surface area contributed by atoms with Crippen LogP contribution in [-0.4, -0.2) is 26.3 Å². The molecule has 0 fully saturated rings. The molecule has 4 N–H and O–H groups in total. The standard InChI is InChI=1S/C9H7N3O4/c10-5-2-1-4(3-6(5)13)8-11-7(9(14)15)12-16-8/h1-3,13H,10H2,(H,14,15). The number of nitrogens with two attached hydrogens (primary N) is 1. The number of aromatic carboxylic acids is 1. The van der Waals surface area contributed by atoms with Crippen molar-refractivity contribution in [3.8, 4) is 17.2 Å². The molecule has 0 aliphatic heterocycles. The van der Waals surface area contributed by atoms with Crippen molar-refractivity contribution in [3.05, 3.63) is 24.0 Å². The van der Waals surface area contributed by atoms with Gasteiger partial charge in [-0.25, -0.2) is 4.79 Å². The van der Waals surface area contributed by atoms with Crippen LogP contribution in [0.3, 0.4) is 0 Å². The van der Waals surface area contributed by atoms with Crippen molar-refractivity contribution in [1.29, 1.82) is 0 Å². The minimum absolute atomic E-state index is 0.00713. The predicted molar refractivity (Wildman–Crippen MR) is 52.8 cm³/mol. The van der Waals surface area contributed by atoms with E-state index < -0.39 is 11.8 Å². The Morgan fingerprint density at radius 1 is 1.44 bits per heavy atom. The van der Waals surface area contributed by atoms with Crippen LogP contribution in [0.25, 0.3) is 11.5 Å². The number of benzene rings is 1. The van der Waals surface area contributed by atoms with Crippen molar-refractivity contribution >= 4 is 11.7 Å². The summed E-state index contributed by atoms with van der Waals surface area (Å²) < 4.78 is 4.71. The molecule has 0 saturated carbocycles. The highest BCUT2D eigenvalue weighted by molar-refractivity contribution is 5.83. The van der Waals surface area contributed by atoms with Gasteiger partial charge in [0.15, 0.2) is 0 Å². The first kappa shape index (κ1) is 9.97. The lowest BCUT2D eigenvalue weighted by atomic mass is 10.2. The topological polar surface area (TPSA) is 122 Å². The highest BCUT2D eigenvalue weighted by Gasteiger charge is 2.14. The highest BCUT2D eigenvalue weighted by Crippen LogP contribution is 2.26. The number of hydrogen-bond donors (Lipinski definition) is 3. The number of anilines is 1. The number of carboxylic acid groups (broad SMARTS) is 1. The lowest BCUT2D eigenvalue weighted by Crippen LogP contribution is -1.98. The maximum Gasteiger partial charge on any atom is 0.377 e. The van der Waals surface area contributed by atoms with Crippen LogP contribution in [0.5, 0.6) is 5.75 Å². The number of nitrogens with zero attached hydrogens (tertiary/aromatic N) is 2. The third-order valence-corrected chi connectivity index (χ3v) is 1.89. The van der Waals surface area contributed by atoms with Crippen LogP contribution in [0, 0.1) is 0 Å². The van der Waals surface area contributed by atoms with Gasteiger partial charge in [0.25, 0.3) is 11.7 Å². The zero-order chi connectivity index (χ0) is 11.7. The molecule has 7 nitrogen and oxygen atoms in total. The van der Waals surface area contributed by atoms with E-state index >= 15 is 0 Å². The molecule has 1 aromatic heterocycles. The Bertz CT molecular complexity index is 549. The Balaban J connectivity index is 2.42. The maximum absolute atomic E-state index is 10.5. The number of aromatic hydroxyl groups is 1. The first-order valence-corrected chi connectivity index (χ1v) is 4.24. The molecule has 0 bridgehead atoms. The molecule has 0 amide bonds. The molecule has 82 valence electrons. The Hall–Kier alpha value is -2.57. The molecule has 16 heavy (non-hydrogen) atoms. The zero-order valence-corrected chi connectivity index (χ0v) is 7.91. The number of hydrogen-bond acceptors (Lipinski definition) is 6. The number of rotatable bonds is 2. The Kier molecular flexibility index (Phi) is 2.20. The van der Waals surface area contributed by atoms with Gasteiger partial charge < -0.3 is 20.5 Å². The summed E-state index contributed by atoms with van der Waals surface area (Å²) in [5.74, 6) is -1.85. The summed E-state index contributed by atoms with van der Waals surface area (Å²) in [6.07, 6.45) is 0. The fourth-order valence-corrected chi connectivity index (χ4v) is 1.10. The van der Waals surface area contributed by atoms with E-state index in [0.29, 0.717) is 5.56 Å². The fraction of sp³-hybridized carbons (Fsp3) is 0. The molecule has 2 rings (SSSR count). The van der Waals surface area contributed by atoms with E-state index in [-0.39, 0.29) is 17.3 Å². The summed E-state index contributed by atoms with van der Waals surface area (Å²) in [7, 11) is 0. The van der Waals surface area contributed by atoms with Crippen LogP contribution in [-0.2, 0) is 0 Å². The predicted octanol–water partition coefficient (Wildman–Crippen LogP) is 0.723. The van der Waals surface area contributed by atoms with Gasteiger partial charge in [0, 0.05) is 5.56 Å². The third kappa shape index (κ3) is 1.65. The molecule has 0 atom stereocenters. The number of phenolic OH excluding ortho intramolecular Hbond substituents is 1. The second kappa shape index (κ2) is 3.54. The van der Waals surface area contributed by atoms with Crippen molar-refractivity contribution in [2.45, 2.75) is 0 Å². The number of nitrogen functional groups attached to an aromatic ring is 1. The van der Waals surface area contributed by atoms with Gasteiger partial charge in [0.2, 0.25) is 0 Å². The van der Waals surface area contributed by atoms with Crippen LogP contribution < -0.4 is 5.73 Å². The molecule has 0 spiro atoms. The zero-order valence-electron chi connectivity index (χ0n) is 7.91. The first-order chi connectivity index (χ1) is 7.58. The summed E-state index contributed by atoms with van der Waals surface area (Å²) in [5.41, 5.74) is 6.01. The first-order valence-electron chi connectivity index (χ1n) is 4.24. The van der Waals surface area contributed by atoms with Crippen LogP contribution in [0.15, 0.2) is 22.7 Å². The summed E-state index contributed by atoms with van der Waals surface area (Å²) in [6.45, 7) is 0. The van der Waals surface area contributed by atoms with E-state index in [2.05, 4.69) is 10.1 Å². The smallest absolute Gasteiger partial charge is 0.377 e. The van der Waals surface area contributed by atoms with E-state index in [1.165, 1.54) is 18.2 Å². The van der Waals surface area contributed by atoms with Gasteiger partial charge in [-0.3, -0.25) is 0 Å². The SMILES string of the molecule is Nc1ccc(-c2nc(C(=O)O)no2)cc1O. The molecule has 0 aliphatic carbocycles. The maximum atomic E-state index is 10.5. The minimum atomic E-state index is -1.28. The lowest BCUT2D eigenvalue weighted by Gasteiger charge is -1.99. The minimum Gasteiger partial charge on any atom is -0.506 e. The molecule has 0 aliphatic rings. The number of carboxylic acids is 1. The Morgan fingerprint density at radius 3 is 2.75 bits per heavy atom. The van der Waals surface area contributed by atoms with Gasteiger partial charge in [-0.2, -0.15) is 4.98 Å². The largest absolute Gasteiger partial charge is 0.506 e. The summed E-state index contributed by atoms with van der Waals surface area (Å²) >= 11 is 0. The molecule has 1 heterocycles. The van der Waals surface area contributed by atoms with Crippen molar-refractivity contribution in [1.82, 2.24) is 10.1 Å². The molecular weight excluding hydrogens is 214 g/mol. The normalized spacial score (nSPS) is 10.2. The molecule has 1 aromatic carbocycles. The van der Waals surface area contributed by atoms with Crippen molar-refractivity contribution in [2.24, 2.45) is 0 Å². The molecule has 0 saturated heterocycles. The number of carbonyl (C=O) groups is 1. The monoisotopic (exact) mass is 221 g/mol. The third-order valence-electron chi connectivity index (χ3n) is 1.89. The second-order valence-corrected chi connectivity index (χ2v) is 3.00. The van der Waals surface area contributed by atoms with E-state index in [4.69, 9.17) is 15.4 Å². The second-order valence-electron chi connectivity index (χ2n) is 3.00. The van der Waals surface area contributed by atoms with Gasteiger partial charge in [0.1, 0.15) is 5.75 Å². The highest BCUT2D eigenvalue weighted by atomic mass is 16.5. The molecule has 7 heteroatoms. The summed E-state index contributed by atoms with van der Waals surface area (Å²) in [6, 6.07) is 4.30. The van der Waals surface area contributed by atoms with Crippen LogP contribution in [0.4, 0.5) is 5.69 Å². The van der Waals surface area contributed by atoms with E-state index in [9.17, 15) is 9.90 Å². The molecular formula is C9H7N3O4. The summed E-state index contributed by atoms with van der Waals surface area (Å²) in [5, 5.41) is 21.2. The van der Waals surface area contributed by atoms with Crippen LogP contribution >= 0.6 is 0 Å². The molecule has 0 radical (unpaired) electrons. The average molecular weight is 221 g/mol. The summed E-state index contributed by atoms with van der Waals surface area (Å²) in [4.78, 5) is 14.1. The van der Waals surface area contributed by atoms with Gasteiger partial charge in [0.05, 0.1) is 5.69 Å². The molecule has 2 aromatic rings. The van der Waals surface area contributed by atoms with Gasteiger partial charge >= 0.3 is 5.97 Å². The van der Waals surface area contributed by atoms with Gasteiger partial charge in [-0.05, 0) is 23.4 Å². The van der Waals surface area contributed by atoms with Gasteiger partial charge in [-0.15, -0.1) is 0 Å². The quantitative estimate of drug-likeness (QED) is 0.504. The lowest BCUT2D eigenvalue weighted by molar-refractivity contribution is 0.0680. The van der Waals surface area contributed by atoms with Crippen molar-refractivity contribution in [3.63, 3.8) is 0 Å². The van der Waals surface area contributed by atoms with E-state index in [1.54, 1.807) is 0 Å². The number of aromatic nitrogens is 2. The number of phenols is 1. The van der Waals surface area contributed by atoms with E-state index in [1.807, 2.05) is 0 Å². The Morgan fingerprint density at radius 2 is 2.19 bits per heavy atom. The van der Waals surface area contributed by atoms with Crippen LogP contribution in [0.1, 0.15) is 10.6 Å². The average Bonchev–Trinajstić information content (AvgIpc) is 2.71.